The van der Waals surface area contributed by atoms with Crippen molar-refractivity contribution in [3.05, 3.63) is 76.7 Å². The lowest BCUT2D eigenvalue weighted by atomic mass is 9.97. The van der Waals surface area contributed by atoms with Crippen LogP contribution in [0.1, 0.15) is 27.9 Å². The molecule has 1 aliphatic rings. The number of amides is 2. The van der Waals surface area contributed by atoms with Crippen molar-refractivity contribution >= 4 is 28.2 Å². The van der Waals surface area contributed by atoms with Crippen LogP contribution in [0.4, 0.5) is 5.00 Å². The van der Waals surface area contributed by atoms with E-state index in [2.05, 4.69) is 58.7 Å². The standard InChI is InChI=1S/C22H21N3O2S/c23-21(27)19-10-12-28-22(19)24-20(26)9-11-25-13-15-5-1-3-7-17(15)18-8-4-2-6-16(18)14-25/h1-8,10,12H,9,11,13-14H2,(H2,23,27)(H,24,26). The SMILES string of the molecule is NC(=O)c1ccsc1NC(=O)CCN1Cc2ccccc2-c2ccccc2C1. The van der Waals surface area contributed by atoms with Crippen molar-refractivity contribution in [3.63, 3.8) is 0 Å². The normalized spacial score (nSPS) is 13.3. The topological polar surface area (TPSA) is 75.4 Å². The lowest BCUT2D eigenvalue weighted by Gasteiger charge is -2.20. The van der Waals surface area contributed by atoms with Crippen LogP contribution in [-0.2, 0) is 17.9 Å². The van der Waals surface area contributed by atoms with Gasteiger partial charge < -0.3 is 11.1 Å². The molecule has 1 aromatic heterocycles. The fourth-order valence-electron chi connectivity index (χ4n) is 3.59. The van der Waals surface area contributed by atoms with E-state index in [1.54, 1.807) is 11.4 Å². The number of nitrogens with one attached hydrogen (secondary N) is 1. The van der Waals surface area contributed by atoms with E-state index < -0.39 is 5.91 Å². The molecule has 0 saturated carbocycles. The number of hydrogen-bond acceptors (Lipinski definition) is 4. The molecule has 1 aliphatic heterocycles. The molecular weight excluding hydrogens is 370 g/mol. The molecule has 0 fully saturated rings. The molecule has 28 heavy (non-hydrogen) atoms. The Morgan fingerprint density at radius 1 is 0.964 bits per heavy atom. The second-order valence-corrected chi connectivity index (χ2v) is 7.77. The zero-order valence-corrected chi connectivity index (χ0v) is 16.2. The molecule has 5 nitrogen and oxygen atoms in total. The first-order chi connectivity index (χ1) is 13.6. The number of carbonyl (C=O) groups is 2. The molecule has 0 saturated heterocycles. The first-order valence-electron chi connectivity index (χ1n) is 9.17. The van der Waals surface area contributed by atoms with Crippen molar-refractivity contribution in [1.82, 2.24) is 4.90 Å². The molecule has 2 heterocycles. The van der Waals surface area contributed by atoms with Gasteiger partial charge in [-0.1, -0.05) is 48.5 Å². The molecule has 0 atom stereocenters. The Bertz CT molecular complexity index is 980. The Balaban J connectivity index is 1.46. The van der Waals surface area contributed by atoms with Crippen LogP contribution in [0.15, 0.2) is 60.0 Å². The summed E-state index contributed by atoms with van der Waals surface area (Å²) in [5.41, 5.74) is 10.7. The van der Waals surface area contributed by atoms with Gasteiger partial charge in [0.05, 0.1) is 5.56 Å². The number of carbonyl (C=O) groups excluding carboxylic acids is 2. The van der Waals surface area contributed by atoms with Crippen LogP contribution in [-0.4, -0.2) is 23.3 Å². The first-order valence-corrected chi connectivity index (χ1v) is 10.1. The average molecular weight is 391 g/mol. The summed E-state index contributed by atoms with van der Waals surface area (Å²) in [6, 6.07) is 18.5. The number of thiophene rings is 1. The molecule has 142 valence electrons. The Morgan fingerprint density at radius 2 is 1.57 bits per heavy atom. The zero-order valence-electron chi connectivity index (χ0n) is 15.4. The summed E-state index contributed by atoms with van der Waals surface area (Å²) in [4.78, 5) is 26.1. The van der Waals surface area contributed by atoms with Gasteiger partial charge in [-0.15, -0.1) is 11.3 Å². The highest BCUT2D eigenvalue weighted by Crippen LogP contribution is 2.32. The Hall–Kier alpha value is -2.96. The maximum absolute atomic E-state index is 12.4. The monoisotopic (exact) mass is 391 g/mol. The largest absolute Gasteiger partial charge is 0.366 e. The molecule has 0 radical (unpaired) electrons. The van der Waals surface area contributed by atoms with Crippen LogP contribution >= 0.6 is 11.3 Å². The summed E-state index contributed by atoms with van der Waals surface area (Å²) in [6.45, 7) is 2.22. The minimum Gasteiger partial charge on any atom is -0.366 e. The Labute approximate surface area is 167 Å². The molecule has 2 aromatic carbocycles. The molecule has 3 N–H and O–H groups in total. The van der Waals surface area contributed by atoms with Crippen molar-refractivity contribution in [1.29, 1.82) is 0 Å². The molecule has 0 unspecified atom stereocenters. The van der Waals surface area contributed by atoms with E-state index in [9.17, 15) is 9.59 Å². The summed E-state index contributed by atoms with van der Waals surface area (Å²) < 4.78 is 0. The molecule has 2 amide bonds. The van der Waals surface area contributed by atoms with E-state index in [4.69, 9.17) is 5.73 Å². The maximum Gasteiger partial charge on any atom is 0.251 e. The Morgan fingerprint density at radius 3 is 2.18 bits per heavy atom. The van der Waals surface area contributed by atoms with E-state index in [-0.39, 0.29) is 5.91 Å². The van der Waals surface area contributed by atoms with Crippen molar-refractivity contribution < 1.29 is 9.59 Å². The second-order valence-electron chi connectivity index (χ2n) is 6.85. The molecule has 0 bridgehead atoms. The summed E-state index contributed by atoms with van der Waals surface area (Å²) in [5.74, 6) is -0.645. The quantitative estimate of drug-likeness (QED) is 0.693. The average Bonchev–Trinajstić information content (AvgIpc) is 3.08. The van der Waals surface area contributed by atoms with Crippen LogP contribution in [0.5, 0.6) is 0 Å². The predicted octanol–water partition coefficient (Wildman–Crippen LogP) is 3.86. The lowest BCUT2D eigenvalue weighted by Crippen LogP contribution is -2.27. The van der Waals surface area contributed by atoms with Gasteiger partial charge in [0.2, 0.25) is 5.91 Å². The minimum absolute atomic E-state index is 0.115. The maximum atomic E-state index is 12.4. The summed E-state index contributed by atoms with van der Waals surface area (Å²) in [6.07, 6.45) is 0.348. The number of primary amides is 1. The number of benzene rings is 2. The van der Waals surface area contributed by atoms with Crippen molar-refractivity contribution in [3.8, 4) is 11.1 Å². The second kappa shape index (κ2) is 7.96. The number of fused-ring (bicyclic) bond motifs is 3. The van der Waals surface area contributed by atoms with E-state index in [1.165, 1.54) is 33.6 Å². The molecule has 0 spiro atoms. The predicted molar refractivity (Wildman–Crippen MR) is 112 cm³/mol. The van der Waals surface area contributed by atoms with Crippen molar-refractivity contribution in [2.45, 2.75) is 19.5 Å². The smallest absolute Gasteiger partial charge is 0.251 e. The van der Waals surface area contributed by atoms with Crippen LogP contribution < -0.4 is 11.1 Å². The highest BCUT2D eigenvalue weighted by atomic mass is 32.1. The van der Waals surface area contributed by atoms with Crippen LogP contribution in [0.2, 0.25) is 0 Å². The van der Waals surface area contributed by atoms with Gasteiger partial charge >= 0.3 is 0 Å². The van der Waals surface area contributed by atoms with E-state index >= 15 is 0 Å². The van der Waals surface area contributed by atoms with Gasteiger partial charge in [0.25, 0.3) is 5.91 Å². The van der Waals surface area contributed by atoms with Gasteiger partial charge in [0.1, 0.15) is 5.00 Å². The van der Waals surface area contributed by atoms with E-state index in [0.717, 1.165) is 13.1 Å². The van der Waals surface area contributed by atoms with Gasteiger partial charge in [-0.2, -0.15) is 0 Å². The van der Waals surface area contributed by atoms with Gasteiger partial charge in [-0.3, -0.25) is 14.5 Å². The number of hydrogen-bond donors (Lipinski definition) is 2. The third-order valence-corrected chi connectivity index (χ3v) is 5.78. The number of rotatable bonds is 5. The third-order valence-electron chi connectivity index (χ3n) is 4.95. The van der Waals surface area contributed by atoms with Crippen molar-refractivity contribution in [2.24, 2.45) is 5.73 Å². The molecule has 4 rings (SSSR count). The lowest BCUT2D eigenvalue weighted by molar-refractivity contribution is -0.116. The van der Waals surface area contributed by atoms with Crippen LogP contribution in [0.3, 0.4) is 0 Å². The van der Waals surface area contributed by atoms with Gasteiger partial charge in [0, 0.05) is 26.1 Å². The highest BCUT2D eigenvalue weighted by molar-refractivity contribution is 7.14. The van der Waals surface area contributed by atoms with E-state index in [0.29, 0.717) is 23.5 Å². The van der Waals surface area contributed by atoms with Crippen molar-refractivity contribution in [2.75, 3.05) is 11.9 Å². The number of nitrogens with zero attached hydrogens (tertiary/aromatic N) is 1. The van der Waals surface area contributed by atoms with Gasteiger partial charge in [0.15, 0.2) is 0 Å². The highest BCUT2D eigenvalue weighted by Gasteiger charge is 2.20. The molecular formula is C22H21N3O2S. The third kappa shape index (κ3) is 3.83. The van der Waals surface area contributed by atoms with Crippen LogP contribution in [0.25, 0.3) is 11.1 Å². The zero-order chi connectivity index (χ0) is 19.5. The fourth-order valence-corrected chi connectivity index (χ4v) is 4.40. The number of anilines is 1. The minimum atomic E-state index is -0.530. The van der Waals surface area contributed by atoms with E-state index in [1.807, 2.05) is 0 Å². The summed E-state index contributed by atoms with van der Waals surface area (Å²) >= 11 is 1.31. The molecule has 0 aliphatic carbocycles. The van der Waals surface area contributed by atoms with Crippen LogP contribution in [0, 0.1) is 0 Å². The molecule has 3 aromatic rings. The molecule has 6 heteroatoms. The first kappa shape index (κ1) is 18.4. The summed E-state index contributed by atoms with van der Waals surface area (Å²) in [7, 11) is 0. The van der Waals surface area contributed by atoms with Gasteiger partial charge in [-0.05, 0) is 33.7 Å². The Kier molecular flexibility index (Phi) is 5.23. The number of nitrogens with two attached hydrogens (primary N) is 1. The fraction of sp³-hybridized carbons (Fsp3) is 0.182. The van der Waals surface area contributed by atoms with Gasteiger partial charge in [-0.25, -0.2) is 0 Å². The summed E-state index contributed by atoms with van der Waals surface area (Å²) in [5, 5.41) is 5.08.